The third-order valence-corrected chi connectivity index (χ3v) is 3.66. The van der Waals surface area contributed by atoms with E-state index in [4.69, 9.17) is 5.73 Å². The van der Waals surface area contributed by atoms with Crippen LogP contribution in [0.4, 0.5) is 15.8 Å². The summed E-state index contributed by atoms with van der Waals surface area (Å²) in [6.07, 6.45) is 3.65. The molecule has 0 radical (unpaired) electrons. The molecule has 0 aromatic heterocycles. The van der Waals surface area contributed by atoms with Crippen molar-refractivity contribution >= 4 is 11.4 Å². The van der Waals surface area contributed by atoms with Crippen molar-refractivity contribution in [3.05, 3.63) is 58.9 Å². The second-order valence-corrected chi connectivity index (χ2v) is 5.04. The van der Waals surface area contributed by atoms with Crippen molar-refractivity contribution in [3.8, 4) is 0 Å². The summed E-state index contributed by atoms with van der Waals surface area (Å²) in [5.41, 5.74) is 11.2. The van der Waals surface area contributed by atoms with Crippen molar-refractivity contribution in [1.82, 2.24) is 0 Å². The predicted octanol–water partition coefficient (Wildman–Crippen LogP) is 3.51. The molecule has 1 aliphatic carbocycles. The topological polar surface area (TPSA) is 38.0 Å². The third kappa shape index (κ3) is 2.55. The van der Waals surface area contributed by atoms with Crippen LogP contribution in [0.25, 0.3) is 0 Å². The van der Waals surface area contributed by atoms with Crippen LogP contribution in [0.1, 0.15) is 23.1 Å². The van der Waals surface area contributed by atoms with E-state index in [0.717, 1.165) is 5.69 Å². The van der Waals surface area contributed by atoms with Gasteiger partial charge in [-0.3, -0.25) is 0 Å². The maximum atomic E-state index is 13.0. The number of nitrogens with two attached hydrogens (primary N) is 1. The summed E-state index contributed by atoms with van der Waals surface area (Å²) < 4.78 is 13.0. The van der Waals surface area contributed by atoms with Gasteiger partial charge in [0.05, 0.1) is 11.4 Å². The normalized spacial score (nSPS) is 13.3. The molecule has 0 saturated heterocycles. The molecule has 2 nitrogen and oxygen atoms in total. The van der Waals surface area contributed by atoms with E-state index >= 15 is 0 Å². The van der Waals surface area contributed by atoms with E-state index in [1.807, 2.05) is 0 Å². The summed E-state index contributed by atoms with van der Waals surface area (Å²) >= 11 is 0. The zero-order valence-electron chi connectivity index (χ0n) is 10.7. The minimum atomic E-state index is -0.305. The molecule has 0 fully saturated rings. The van der Waals surface area contributed by atoms with Gasteiger partial charge in [0, 0.05) is 6.54 Å². The zero-order chi connectivity index (χ0) is 13.2. The largest absolute Gasteiger partial charge is 0.397 e. The summed E-state index contributed by atoms with van der Waals surface area (Å²) in [6, 6.07) is 11.1. The molecule has 0 amide bonds. The molecule has 0 atom stereocenters. The van der Waals surface area contributed by atoms with Gasteiger partial charge in [-0.15, -0.1) is 0 Å². The monoisotopic (exact) mass is 256 g/mol. The summed E-state index contributed by atoms with van der Waals surface area (Å²) in [7, 11) is 0. The Morgan fingerprint density at radius 3 is 2.74 bits per heavy atom. The van der Waals surface area contributed by atoms with Crippen LogP contribution in [0.3, 0.4) is 0 Å². The molecule has 0 spiro atoms. The Morgan fingerprint density at radius 2 is 1.89 bits per heavy atom. The van der Waals surface area contributed by atoms with Crippen molar-refractivity contribution in [2.45, 2.75) is 25.8 Å². The summed E-state index contributed by atoms with van der Waals surface area (Å²) in [5.74, 6) is -0.305. The van der Waals surface area contributed by atoms with Crippen LogP contribution in [0.15, 0.2) is 36.4 Å². The van der Waals surface area contributed by atoms with Crippen molar-refractivity contribution in [2.75, 3.05) is 11.1 Å². The summed E-state index contributed by atoms with van der Waals surface area (Å²) in [4.78, 5) is 0. The van der Waals surface area contributed by atoms with E-state index in [0.29, 0.717) is 12.2 Å². The number of nitrogen functional groups attached to an aromatic ring is 1. The van der Waals surface area contributed by atoms with Gasteiger partial charge >= 0.3 is 0 Å². The van der Waals surface area contributed by atoms with Crippen LogP contribution in [-0.2, 0) is 19.4 Å². The second-order valence-electron chi connectivity index (χ2n) is 5.04. The molecule has 3 rings (SSSR count). The molecule has 2 aromatic rings. The van der Waals surface area contributed by atoms with Gasteiger partial charge in [-0.05, 0) is 54.2 Å². The van der Waals surface area contributed by atoms with E-state index in [2.05, 4.69) is 23.5 Å². The first kappa shape index (κ1) is 12.0. The van der Waals surface area contributed by atoms with Crippen LogP contribution in [0.5, 0.6) is 0 Å². The van der Waals surface area contributed by atoms with E-state index in [9.17, 15) is 4.39 Å². The molecule has 1 aliphatic rings. The Labute approximate surface area is 112 Å². The van der Waals surface area contributed by atoms with Gasteiger partial charge in [-0.1, -0.05) is 18.2 Å². The van der Waals surface area contributed by atoms with Crippen LogP contribution in [0.2, 0.25) is 0 Å². The fourth-order valence-corrected chi connectivity index (χ4v) is 2.63. The Balaban J connectivity index is 1.72. The average Bonchev–Trinajstić information content (AvgIpc) is 2.85. The van der Waals surface area contributed by atoms with Gasteiger partial charge in [0.1, 0.15) is 5.82 Å². The average molecular weight is 256 g/mol. The molecule has 3 heteroatoms. The maximum absolute atomic E-state index is 13.0. The number of aryl methyl sites for hydroxylation is 2. The highest BCUT2D eigenvalue weighted by molar-refractivity contribution is 5.65. The van der Waals surface area contributed by atoms with Gasteiger partial charge in [-0.2, -0.15) is 0 Å². The van der Waals surface area contributed by atoms with Crippen LogP contribution in [-0.4, -0.2) is 0 Å². The fraction of sp³-hybridized carbons (Fsp3) is 0.250. The second kappa shape index (κ2) is 4.92. The van der Waals surface area contributed by atoms with Gasteiger partial charge < -0.3 is 11.1 Å². The number of hydrogen-bond donors (Lipinski definition) is 2. The third-order valence-electron chi connectivity index (χ3n) is 3.66. The highest BCUT2D eigenvalue weighted by atomic mass is 19.1. The van der Waals surface area contributed by atoms with Crippen LogP contribution < -0.4 is 11.1 Å². The molecule has 3 N–H and O–H groups in total. The number of halogens is 1. The standard InChI is InChI=1S/C16H17FN2/c17-14-6-7-16(15(18)9-14)19-10-11-4-5-12-2-1-3-13(12)8-11/h4-9,19H,1-3,10,18H2. The molecule has 0 unspecified atom stereocenters. The Hall–Kier alpha value is -2.03. The zero-order valence-corrected chi connectivity index (χ0v) is 10.7. The van der Waals surface area contributed by atoms with Crippen molar-refractivity contribution < 1.29 is 4.39 Å². The lowest BCUT2D eigenvalue weighted by molar-refractivity contribution is 0.628. The Bertz CT molecular complexity index is 608. The SMILES string of the molecule is Nc1cc(F)ccc1NCc1ccc2c(c1)CCC2. The minimum absolute atomic E-state index is 0.305. The quantitative estimate of drug-likeness (QED) is 0.825. The van der Waals surface area contributed by atoms with E-state index in [1.54, 1.807) is 6.07 Å². The first-order valence-electron chi connectivity index (χ1n) is 6.62. The molecular weight excluding hydrogens is 239 g/mol. The number of rotatable bonds is 3. The smallest absolute Gasteiger partial charge is 0.125 e. The molecule has 2 aromatic carbocycles. The number of benzene rings is 2. The molecular formula is C16H17FN2. The van der Waals surface area contributed by atoms with Gasteiger partial charge in [0.25, 0.3) is 0 Å². The first-order chi connectivity index (χ1) is 9.22. The number of anilines is 2. The van der Waals surface area contributed by atoms with Crippen molar-refractivity contribution in [1.29, 1.82) is 0 Å². The maximum Gasteiger partial charge on any atom is 0.125 e. The van der Waals surface area contributed by atoms with E-state index in [-0.39, 0.29) is 5.82 Å². The van der Waals surface area contributed by atoms with Gasteiger partial charge in [0.15, 0.2) is 0 Å². The first-order valence-corrected chi connectivity index (χ1v) is 6.62. The van der Waals surface area contributed by atoms with Crippen LogP contribution >= 0.6 is 0 Å². The minimum Gasteiger partial charge on any atom is -0.397 e. The van der Waals surface area contributed by atoms with Gasteiger partial charge in [-0.25, -0.2) is 4.39 Å². The lowest BCUT2D eigenvalue weighted by Gasteiger charge is -2.10. The number of nitrogens with one attached hydrogen (secondary N) is 1. The molecule has 98 valence electrons. The van der Waals surface area contributed by atoms with Gasteiger partial charge in [0.2, 0.25) is 0 Å². The molecule has 0 aliphatic heterocycles. The highest BCUT2D eigenvalue weighted by Crippen LogP contribution is 2.24. The number of hydrogen-bond acceptors (Lipinski definition) is 2. The summed E-state index contributed by atoms with van der Waals surface area (Å²) in [6.45, 7) is 0.711. The highest BCUT2D eigenvalue weighted by Gasteiger charge is 2.10. The van der Waals surface area contributed by atoms with E-state index in [1.165, 1.54) is 48.1 Å². The van der Waals surface area contributed by atoms with Crippen LogP contribution in [0, 0.1) is 5.82 Å². The molecule has 0 saturated carbocycles. The Morgan fingerprint density at radius 1 is 1.05 bits per heavy atom. The van der Waals surface area contributed by atoms with Crippen molar-refractivity contribution in [2.24, 2.45) is 0 Å². The number of fused-ring (bicyclic) bond motifs is 1. The molecule has 0 bridgehead atoms. The lowest BCUT2D eigenvalue weighted by Crippen LogP contribution is -2.03. The predicted molar refractivity (Wildman–Crippen MR) is 76.6 cm³/mol. The van der Waals surface area contributed by atoms with Crippen molar-refractivity contribution in [3.63, 3.8) is 0 Å². The Kier molecular flexibility index (Phi) is 3.11. The lowest BCUT2D eigenvalue weighted by atomic mass is 10.1. The molecule has 0 heterocycles. The van der Waals surface area contributed by atoms with E-state index < -0.39 is 0 Å². The molecule has 19 heavy (non-hydrogen) atoms. The fourth-order valence-electron chi connectivity index (χ4n) is 2.63. The summed E-state index contributed by atoms with van der Waals surface area (Å²) in [5, 5.41) is 3.26.